The first-order chi connectivity index (χ1) is 10.2. The molecule has 6 heteroatoms. The summed E-state index contributed by atoms with van der Waals surface area (Å²) in [6, 6.07) is 7.90. The zero-order chi connectivity index (χ0) is 15.1. The van der Waals surface area contributed by atoms with E-state index >= 15 is 0 Å². The zero-order valence-corrected chi connectivity index (χ0v) is 14.6. The average molecular weight is 343 g/mol. The Hall–Kier alpha value is -0.590. The number of nitrogens with one attached hydrogen (secondary N) is 1. The van der Waals surface area contributed by atoms with E-state index in [1.54, 1.807) is 30.2 Å². The van der Waals surface area contributed by atoms with Gasteiger partial charge in [0.1, 0.15) is 5.01 Å². The van der Waals surface area contributed by atoms with Crippen LogP contribution in [0.3, 0.4) is 0 Å². The van der Waals surface area contributed by atoms with Crippen LogP contribution in [-0.4, -0.2) is 18.6 Å². The summed E-state index contributed by atoms with van der Waals surface area (Å²) in [5, 5.41) is 5.25. The second-order valence-corrected chi connectivity index (χ2v) is 7.00. The van der Waals surface area contributed by atoms with Gasteiger partial charge < -0.3 is 10.1 Å². The maximum Gasteiger partial charge on any atom is 0.104 e. The van der Waals surface area contributed by atoms with Gasteiger partial charge in [0, 0.05) is 23.4 Å². The molecule has 3 nitrogen and oxygen atoms in total. The predicted octanol–water partition coefficient (Wildman–Crippen LogP) is 4.34. The van der Waals surface area contributed by atoms with Crippen LogP contribution in [-0.2, 0) is 23.6 Å². The van der Waals surface area contributed by atoms with Crippen molar-refractivity contribution in [2.24, 2.45) is 0 Å². The minimum atomic E-state index is 0.563. The van der Waals surface area contributed by atoms with Crippen LogP contribution in [0.4, 0.5) is 0 Å². The lowest BCUT2D eigenvalue weighted by atomic mass is 10.3. The Morgan fingerprint density at radius 3 is 2.90 bits per heavy atom. The summed E-state index contributed by atoms with van der Waals surface area (Å²) in [7, 11) is 1.70. The largest absolute Gasteiger partial charge is 0.378 e. The molecule has 0 bridgehead atoms. The van der Waals surface area contributed by atoms with E-state index < -0.39 is 0 Å². The van der Waals surface area contributed by atoms with Gasteiger partial charge in [0.25, 0.3) is 0 Å². The van der Waals surface area contributed by atoms with Gasteiger partial charge in [-0.1, -0.05) is 30.7 Å². The molecule has 21 heavy (non-hydrogen) atoms. The minimum Gasteiger partial charge on any atom is -0.378 e. The van der Waals surface area contributed by atoms with E-state index in [0.717, 1.165) is 39.5 Å². The number of hydrogen-bond acceptors (Lipinski definition) is 5. The summed E-state index contributed by atoms with van der Waals surface area (Å²) in [6.45, 7) is 4.47. The van der Waals surface area contributed by atoms with Crippen LogP contribution in [0.5, 0.6) is 0 Å². The van der Waals surface area contributed by atoms with E-state index in [1.165, 1.54) is 4.88 Å². The van der Waals surface area contributed by atoms with Crippen molar-refractivity contribution < 1.29 is 4.74 Å². The molecule has 0 radical (unpaired) electrons. The van der Waals surface area contributed by atoms with Gasteiger partial charge in [-0.15, -0.1) is 23.1 Å². The second-order valence-electron chi connectivity index (χ2n) is 4.41. The Morgan fingerprint density at radius 2 is 2.19 bits per heavy atom. The van der Waals surface area contributed by atoms with Crippen molar-refractivity contribution >= 4 is 34.7 Å². The third-order valence-corrected chi connectivity index (χ3v) is 5.63. The molecule has 0 fully saturated rings. The van der Waals surface area contributed by atoms with Gasteiger partial charge in [-0.05, 0) is 18.7 Å². The molecule has 2 aromatic rings. The van der Waals surface area contributed by atoms with Gasteiger partial charge in [0.2, 0.25) is 0 Å². The first kappa shape index (κ1) is 16.8. The first-order valence-corrected chi connectivity index (χ1v) is 8.97. The van der Waals surface area contributed by atoms with E-state index in [4.69, 9.17) is 16.3 Å². The predicted molar refractivity (Wildman–Crippen MR) is 91.2 cm³/mol. The maximum absolute atomic E-state index is 6.18. The lowest BCUT2D eigenvalue weighted by molar-refractivity contribution is 0.181. The molecule has 1 aromatic heterocycles. The van der Waals surface area contributed by atoms with Gasteiger partial charge >= 0.3 is 0 Å². The highest BCUT2D eigenvalue weighted by molar-refractivity contribution is 7.98. The second kappa shape index (κ2) is 8.76. The van der Waals surface area contributed by atoms with Crippen molar-refractivity contribution in [2.45, 2.75) is 30.7 Å². The molecule has 0 amide bonds. The van der Waals surface area contributed by atoms with E-state index in [0.29, 0.717) is 6.61 Å². The summed E-state index contributed by atoms with van der Waals surface area (Å²) in [5.74, 6) is 0.831. The van der Waals surface area contributed by atoms with Crippen molar-refractivity contribution in [2.75, 3.05) is 13.7 Å². The molecular weight excluding hydrogens is 324 g/mol. The Balaban J connectivity index is 2.04. The van der Waals surface area contributed by atoms with Gasteiger partial charge in [-0.3, -0.25) is 0 Å². The number of thiazole rings is 1. The Bertz CT molecular complexity index is 575. The molecule has 0 atom stereocenters. The molecule has 1 heterocycles. The highest BCUT2D eigenvalue weighted by Gasteiger charge is 2.11. The number of ether oxygens (including phenoxy) is 1. The molecule has 0 unspecified atom stereocenters. The number of thioether (sulfide) groups is 1. The number of nitrogens with zero attached hydrogens (tertiary/aromatic N) is 1. The minimum absolute atomic E-state index is 0.563. The molecule has 2 rings (SSSR count). The molecule has 0 aliphatic rings. The number of hydrogen-bond donors (Lipinski definition) is 1. The zero-order valence-electron chi connectivity index (χ0n) is 12.2. The van der Waals surface area contributed by atoms with Crippen molar-refractivity contribution in [1.82, 2.24) is 10.3 Å². The third-order valence-electron chi connectivity index (χ3n) is 2.83. The molecule has 0 aliphatic heterocycles. The van der Waals surface area contributed by atoms with Crippen molar-refractivity contribution in [3.8, 4) is 0 Å². The number of benzene rings is 1. The molecule has 1 N–H and O–H groups in total. The van der Waals surface area contributed by atoms with Crippen molar-refractivity contribution in [1.29, 1.82) is 0 Å². The van der Waals surface area contributed by atoms with Gasteiger partial charge in [0.15, 0.2) is 0 Å². The number of halogens is 1. The monoisotopic (exact) mass is 342 g/mol. The topological polar surface area (TPSA) is 34.2 Å². The van der Waals surface area contributed by atoms with Crippen LogP contribution >= 0.6 is 34.7 Å². The van der Waals surface area contributed by atoms with Crippen molar-refractivity contribution in [3.63, 3.8) is 0 Å². The van der Waals surface area contributed by atoms with Crippen LogP contribution in [0.1, 0.15) is 22.5 Å². The quantitative estimate of drug-likeness (QED) is 0.723. The number of rotatable bonds is 8. The highest BCUT2D eigenvalue weighted by Crippen LogP contribution is 2.31. The van der Waals surface area contributed by atoms with E-state index in [9.17, 15) is 0 Å². The Labute approximate surface area is 139 Å². The van der Waals surface area contributed by atoms with E-state index in [2.05, 4.69) is 17.2 Å². The number of aromatic nitrogens is 1. The molecule has 0 spiro atoms. The van der Waals surface area contributed by atoms with E-state index in [-0.39, 0.29) is 0 Å². The summed E-state index contributed by atoms with van der Waals surface area (Å²) in [4.78, 5) is 7.04. The summed E-state index contributed by atoms with van der Waals surface area (Å²) in [6.07, 6.45) is 0. The fourth-order valence-corrected chi connectivity index (χ4v) is 4.10. The van der Waals surface area contributed by atoms with Crippen molar-refractivity contribution in [3.05, 3.63) is 44.9 Å². The van der Waals surface area contributed by atoms with Gasteiger partial charge in [-0.2, -0.15) is 0 Å². The summed E-state index contributed by atoms with van der Waals surface area (Å²) >= 11 is 9.64. The average Bonchev–Trinajstić information content (AvgIpc) is 2.87. The third kappa shape index (κ3) is 4.97. The normalized spacial score (nSPS) is 11.0. The van der Waals surface area contributed by atoms with Gasteiger partial charge in [-0.25, -0.2) is 4.98 Å². The van der Waals surface area contributed by atoms with Gasteiger partial charge in [0.05, 0.1) is 23.1 Å². The molecule has 0 aliphatic carbocycles. The van der Waals surface area contributed by atoms with Crippen LogP contribution in [0.25, 0.3) is 0 Å². The Morgan fingerprint density at radius 1 is 1.38 bits per heavy atom. The standard InChI is InChI=1S/C15H19ClN2OS2/c1-3-17-8-14-12(9-19-2)18-15(21-14)10-20-13-7-5-4-6-11(13)16/h4-7,17H,3,8-10H2,1-2H3. The molecule has 114 valence electrons. The molecule has 1 aromatic carbocycles. The number of methoxy groups -OCH3 is 1. The molecular formula is C15H19ClN2OS2. The lowest BCUT2D eigenvalue weighted by Crippen LogP contribution is -2.12. The van der Waals surface area contributed by atoms with E-state index in [1.807, 2.05) is 24.3 Å². The van der Waals surface area contributed by atoms with Crippen LogP contribution < -0.4 is 5.32 Å². The Kier molecular flexibility index (Phi) is 6.99. The first-order valence-electron chi connectivity index (χ1n) is 6.79. The molecule has 0 saturated carbocycles. The smallest absolute Gasteiger partial charge is 0.104 e. The summed E-state index contributed by atoms with van der Waals surface area (Å²) in [5.41, 5.74) is 1.04. The maximum atomic E-state index is 6.18. The summed E-state index contributed by atoms with van der Waals surface area (Å²) < 4.78 is 5.23. The fraction of sp³-hybridized carbons (Fsp3) is 0.400. The van der Waals surface area contributed by atoms with Crippen LogP contribution in [0.2, 0.25) is 5.02 Å². The fourth-order valence-electron chi connectivity index (χ4n) is 1.83. The SMILES string of the molecule is CCNCc1sc(CSc2ccccc2Cl)nc1COC. The molecule has 0 saturated heterocycles. The lowest BCUT2D eigenvalue weighted by Gasteiger charge is -2.01. The van der Waals surface area contributed by atoms with Crippen LogP contribution in [0, 0.1) is 0 Å². The van der Waals surface area contributed by atoms with Crippen LogP contribution in [0.15, 0.2) is 29.2 Å². The highest BCUT2D eigenvalue weighted by atomic mass is 35.5.